The monoisotopic (exact) mass is 318 g/mol. The summed E-state index contributed by atoms with van der Waals surface area (Å²) >= 11 is 0. The summed E-state index contributed by atoms with van der Waals surface area (Å²) in [7, 11) is -4.66. The lowest BCUT2D eigenvalue weighted by atomic mass is 10.2. The van der Waals surface area contributed by atoms with E-state index in [4.69, 9.17) is 5.73 Å². The molecule has 0 saturated heterocycles. The first kappa shape index (κ1) is 16.8. The number of rotatable bonds is 6. The Morgan fingerprint density at radius 2 is 1.90 bits per heavy atom. The van der Waals surface area contributed by atoms with Gasteiger partial charge in [0.1, 0.15) is 10.7 Å². The second-order valence-electron chi connectivity index (χ2n) is 3.86. The van der Waals surface area contributed by atoms with Crippen molar-refractivity contribution in [2.45, 2.75) is 23.8 Å². The van der Waals surface area contributed by atoms with E-state index < -0.39 is 39.6 Å². The lowest BCUT2D eigenvalue weighted by Crippen LogP contribution is -2.41. The predicted octanol–water partition coefficient (Wildman–Crippen LogP) is 1.46. The molecule has 0 atom stereocenters. The number of hydrogen-bond acceptors (Lipinski definition) is 3. The molecular formula is C10H11F5N2O2S. The topological polar surface area (TPSA) is 72.2 Å². The van der Waals surface area contributed by atoms with Crippen LogP contribution in [0.4, 0.5) is 22.0 Å². The van der Waals surface area contributed by atoms with E-state index in [0.29, 0.717) is 5.56 Å². The maximum absolute atomic E-state index is 13.5. The average molecular weight is 318 g/mol. The van der Waals surface area contributed by atoms with Gasteiger partial charge in [-0.3, -0.25) is 0 Å². The molecule has 0 heterocycles. The minimum absolute atomic E-state index is 0.0475. The molecule has 0 aromatic heterocycles. The first-order valence-electron chi connectivity index (χ1n) is 5.24. The first-order valence-corrected chi connectivity index (χ1v) is 6.72. The van der Waals surface area contributed by atoms with E-state index in [1.54, 1.807) is 0 Å². The van der Waals surface area contributed by atoms with Crippen LogP contribution in [0.3, 0.4) is 0 Å². The Balaban J connectivity index is 2.95. The van der Waals surface area contributed by atoms with Crippen molar-refractivity contribution in [3.63, 3.8) is 0 Å². The first-order chi connectivity index (χ1) is 9.10. The van der Waals surface area contributed by atoms with Crippen molar-refractivity contribution in [2.75, 3.05) is 6.54 Å². The molecule has 0 aliphatic heterocycles. The molecule has 3 N–H and O–H groups in total. The van der Waals surface area contributed by atoms with Crippen LogP contribution in [0, 0.1) is 5.82 Å². The molecule has 114 valence electrons. The van der Waals surface area contributed by atoms with Gasteiger partial charge in [0.2, 0.25) is 10.0 Å². The predicted molar refractivity (Wildman–Crippen MR) is 60.4 cm³/mol. The number of alkyl halides is 4. The van der Waals surface area contributed by atoms with E-state index in [1.165, 1.54) is 10.8 Å². The van der Waals surface area contributed by atoms with E-state index in [9.17, 15) is 30.4 Å². The van der Waals surface area contributed by atoms with Crippen LogP contribution < -0.4 is 10.5 Å². The van der Waals surface area contributed by atoms with Crippen LogP contribution in [0.15, 0.2) is 23.1 Å². The summed E-state index contributed by atoms with van der Waals surface area (Å²) in [6.07, 6.45) is -4.03. The van der Waals surface area contributed by atoms with Crippen molar-refractivity contribution in [1.82, 2.24) is 4.72 Å². The van der Waals surface area contributed by atoms with E-state index in [2.05, 4.69) is 0 Å². The lowest BCUT2D eigenvalue weighted by molar-refractivity contribution is -0.122. The molecule has 0 saturated carbocycles. The molecule has 0 amide bonds. The summed E-state index contributed by atoms with van der Waals surface area (Å²) in [5.41, 5.74) is 5.50. The molecule has 20 heavy (non-hydrogen) atoms. The van der Waals surface area contributed by atoms with Gasteiger partial charge in [-0.1, -0.05) is 6.07 Å². The van der Waals surface area contributed by atoms with Gasteiger partial charge in [-0.05, 0) is 17.7 Å². The molecular weight excluding hydrogens is 307 g/mol. The van der Waals surface area contributed by atoms with Crippen molar-refractivity contribution >= 4 is 10.0 Å². The minimum Gasteiger partial charge on any atom is -0.326 e. The summed E-state index contributed by atoms with van der Waals surface area (Å²) in [6, 6.07) is 2.82. The van der Waals surface area contributed by atoms with Gasteiger partial charge >= 0.3 is 12.3 Å². The van der Waals surface area contributed by atoms with E-state index in [0.717, 1.165) is 12.1 Å². The van der Waals surface area contributed by atoms with Crippen molar-refractivity contribution in [1.29, 1.82) is 0 Å². The van der Waals surface area contributed by atoms with Gasteiger partial charge in [-0.25, -0.2) is 26.3 Å². The zero-order chi connectivity index (χ0) is 15.6. The summed E-state index contributed by atoms with van der Waals surface area (Å²) in [4.78, 5) is -0.917. The smallest absolute Gasteiger partial charge is 0.320 e. The Hall–Kier alpha value is -1.26. The fraction of sp³-hybridized carbons (Fsp3) is 0.400. The maximum Gasteiger partial charge on any atom is 0.320 e. The Bertz CT molecular complexity index is 577. The second-order valence-corrected chi connectivity index (χ2v) is 5.59. The number of nitrogens with one attached hydrogen (secondary N) is 1. The van der Waals surface area contributed by atoms with Gasteiger partial charge in [0.25, 0.3) is 0 Å². The number of nitrogens with two attached hydrogens (primary N) is 1. The molecule has 4 nitrogen and oxygen atoms in total. The fourth-order valence-corrected chi connectivity index (χ4v) is 2.34. The summed E-state index contributed by atoms with van der Waals surface area (Å²) in [5.74, 6) is -5.75. The van der Waals surface area contributed by atoms with Crippen molar-refractivity contribution in [2.24, 2.45) is 5.73 Å². The quantitative estimate of drug-likeness (QED) is 0.780. The number of halogens is 5. The Kier molecular flexibility index (Phi) is 5.05. The highest BCUT2D eigenvalue weighted by atomic mass is 32.2. The van der Waals surface area contributed by atoms with Crippen LogP contribution in [0.5, 0.6) is 0 Å². The van der Waals surface area contributed by atoms with Crippen LogP contribution in [0.25, 0.3) is 0 Å². The number of benzene rings is 1. The Morgan fingerprint density at radius 3 is 2.35 bits per heavy atom. The largest absolute Gasteiger partial charge is 0.326 e. The second kappa shape index (κ2) is 6.02. The molecule has 1 aromatic carbocycles. The van der Waals surface area contributed by atoms with Crippen molar-refractivity contribution in [3.8, 4) is 0 Å². The lowest BCUT2D eigenvalue weighted by Gasteiger charge is -2.16. The zero-order valence-corrected chi connectivity index (χ0v) is 10.7. The third-order valence-corrected chi connectivity index (χ3v) is 3.77. The molecule has 0 radical (unpaired) electrons. The van der Waals surface area contributed by atoms with Crippen LogP contribution in [-0.2, 0) is 16.6 Å². The van der Waals surface area contributed by atoms with Crippen LogP contribution in [0.2, 0.25) is 0 Å². The van der Waals surface area contributed by atoms with Crippen molar-refractivity contribution in [3.05, 3.63) is 29.6 Å². The normalized spacial score (nSPS) is 12.9. The third-order valence-electron chi connectivity index (χ3n) is 2.34. The molecule has 10 heteroatoms. The number of hydrogen-bond donors (Lipinski definition) is 2. The van der Waals surface area contributed by atoms with Gasteiger partial charge in [0.05, 0.1) is 6.54 Å². The molecule has 0 fully saturated rings. The SMILES string of the molecule is NCc1ccc(S(=O)(=O)NCC(F)(F)C(F)F)c(F)c1. The summed E-state index contributed by atoms with van der Waals surface area (Å²) in [6.45, 7) is -1.88. The third kappa shape index (κ3) is 3.87. The molecule has 0 bridgehead atoms. The molecule has 0 aliphatic rings. The molecule has 0 aliphatic carbocycles. The highest BCUT2D eigenvalue weighted by Gasteiger charge is 2.41. The van der Waals surface area contributed by atoms with Gasteiger partial charge < -0.3 is 5.73 Å². The standard InChI is InChI=1S/C10H11F5N2O2S/c11-7-3-6(4-16)1-2-8(7)20(18,19)17-5-10(14,15)9(12)13/h1-3,9,17H,4-5,16H2. The van der Waals surface area contributed by atoms with E-state index >= 15 is 0 Å². The average Bonchev–Trinajstić information content (AvgIpc) is 2.36. The minimum atomic E-state index is -4.66. The summed E-state index contributed by atoms with van der Waals surface area (Å²) in [5, 5.41) is 0. The highest BCUT2D eigenvalue weighted by molar-refractivity contribution is 7.89. The summed E-state index contributed by atoms with van der Waals surface area (Å²) < 4.78 is 86.9. The van der Waals surface area contributed by atoms with Gasteiger partial charge in [0.15, 0.2) is 0 Å². The molecule has 1 rings (SSSR count). The highest BCUT2D eigenvalue weighted by Crippen LogP contribution is 2.23. The molecule has 0 unspecified atom stereocenters. The molecule has 0 spiro atoms. The number of sulfonamides is 1. The van der Waals surface area contributed by atoms with Gasteiger partial charge in [-0.15, -0.1) is 0 Å². The van der Waals surface area contributed by atoms with E-state index in [-0.39, 0.29) is 6.54 Å². The molecule has 1 aromatic rings. The fourth-order valence-electron chi connectivity index (χ4n) is 1.24. The van der Waals surface area contributed by atoms with E-state index in [1.807, 2.05) is 0 Å². The zero-order valence-electron chi connectivity index (χ0n) is 9.92. The van der Waals surface area contributed by atoms with Crippen LogP contribution in [0.1, 0.15) is 5.56 Å². The van der Waals surface area contributed by atoms with Crippen LogP contribution in [-0.4, -0.2) is 27.3 Å². The van der Waals surface area contributed by atoms with Crippen molar-refractivity contribution < 1.29 is 30.4 Å². The maximum atomic E-state index is 13.5. The Morgan fingerprint density at radius 1 is 1.30 bits per heavy atom. The van der Waals surface area contributed by atoms with Gasteiger partial charge in [-0.2, -0.15) is 8.78 Å². The van der Waals surface area contributed by atoms with Crippen LogP contribution >= 0.6 is 0 Å². The van der Waals surface area contributed by atoms with Gasteiger partial charge in [0, 0.05) is 6.54 Å². The Labute approximate surface area is 111 Å².